The third kappa shape index (κ3) is 3.11. The van der Waals surface area contributed by atoms with Gasteiger partial charge in [-0.15, -0.1) is 0 Å². The number of amides is 1. The van der Waals surface area contributed by atoms with Crippen LogP contribution in [0, 0.1) is 0 Å². The van der Waals surface area contributed by atoms with Gasteiger partial charge in [0.15, 0.2) is 5.13 Å². The van der Waals surface area contributed by atoms with Gasteiger partial charge in [0.2, 0.25) is 0 Å². The van der Waals surface area contributed by atoms with E-state index in [2.05, 4.69) is 10.3 Å². The average molecular weight is 339 g/mol. The molecule has 1 heterocycles. The van der Waals surface area contributed by atoms with Gasteiger partial charge in [-0.2, -0.15) is 0 Å². The minimum Gasteiger partial charge on any atom is -0.478 e. The number of carbonyl (C=O) groups is 2. The van der Waals surface area contributed by atoms with Crippen LogP contribution in [0.3, 0.4) is 0 Å². The summed E-state index contributed by atoms with van der Waals surface area (Å²) in [4.78, 5) is 28.4. The van der Waals surface area contributed by atoms with Crippen molar-refractivity contribution in [3.05, 3.63) is 65.0 Å². The molecule has 1 amide bonds. The Morgan fingerprint density at radius 1 is 1.04 bits per heavy atom. The van der Waals surface area contributed by atoms with E-state index in [1.54, 1.807) is 12.1 Å². The van der Waals surface area contributed by atoms with Crippen molar-refractivity contribution >= 4 is 34.0 Å². The number of anilines is 2. The molecule has 0 spiro atoms. The number of carbonyl (C=O) groups excluding carboxylic acids is 1. The number of rotatable bonds is 4. The van der Waals surface area contributed by atoms with E-state index in [4.69, 9.17) is 5.73 Å². The van der Waals surface area contributed by atoms with Gasteiger partial charge in [-0.1, -0.05) is 53.8 Å². The predicted molar refractivity (Wildman–Crippen MR) is 93.3 cm³/mol. The number of hydrogen-bond acceptors (Lipinski definition) is 5. The summed E-state index contributed by atoms with van der Waals surface area (Å²) in [7, 11) is 0. The van der Waals surface area contributed by atoms with Crippen molar-refractivity contribution in [1.29, 1.82) is 0 Å². The molecule has 0 radical (unpaired) electrons. The lowest BCUT2D eigenvalue weighted by atomic mass is 10.1. The number of carboxylic acids is 1. The van der Waals surface area contributed by atoms with Gasteiger partial charge < -0.3 is 16.2 Å². The Balaban J connectivity index is 1.96. The number of nitrogens with two attached hydrogens (primary N) is 1. The summed E-state index contributed by atoms with van der Waals surface area (Å²) in [5.74, 6) is -1.56. The van der Waals surface area contributed by atoms with Crippen molar-refractivity contribution in [2.45, 2.75) is 0 Å². The van der Waals surface area contributed by atoms with E-state index in [0.717, 1.165) is 16.9 Å². The van der Waals surface area contributed by atoms with Crippen LogP contribution in [-0.2, 0) is 0 Å². The number of carboxylic acid groups (broad SMARTS) is 1. The van der Waals surface area contributed by atoms with E-state index < -0.39 is 11.9 Å². The lowest BCUT2D eigenvalue weighted by molar-refractivity contribution is 0.0698. The molecule has 2 aromatic carbocycles. The molecular formula is C17H13N3O3S. The summed E-state index contributed by atoms with van der Waals surface area (Å²) < 4.78 is 0. The molecule has 0 aliphatic carbocycles. The second-order valence-corrected chi connectivity index (χ2v) is 5.93. The normalized spacial score (nSPS) is 10.3. The van der Waals surface area contributed by atoms with Gasteiger partial charge in [-0.25, -0.2) is 9.78 Å². The van der Waals surface area contributed by atoms with Crippen molar-refractivity contribution in [2.75, 3.05) is 11.1 Å². The van der Waals surface area contributed by atoms with Crippen molar-refractivity contribution in [3.8, 4) is 11.3 Å². The first kappa shape index (κ1) is 15.7. The fraction of sp³-hybridized carbons (Fsp3) is 0. The Bertz CT molecular complexity index is 906. The first-order chi connectivity index (χ1) is 11.6. The molecule has 120 valence electrons. The lowest BCUT2D eigenvalue weighted by Gasteiger charge is -2.08. The van der Waals surface area contributed by atoms with Gasteiger partial charge in [0.05, 0.1) is 16.9 Å². The maximum atomic E-state index is 12.6. The molecule has 0 bridgehead atoms. The van der Waals surface area contributed by atoms with Crippen molar-refractivity contribution in [3.63, 3.8) is 0 Å². The Kier molecular flexibility index (Phi) is 4.26. The zero-order valence-electron chi connectivity index (χ0n) is 12.4. The van der Waals surface area contributed by atoms with Gasteiger partial charge in [-0.3, -0.25) is 4.79 Å². The van der Waals surface area contributed by atoms with E-state index in [-0.39, 0.29) is 16.4 Å². The average Bonchev–Trinajstić information content (AvgIpc) is 2.98. The first-order valence-corrected chi connectivity index (χ1v) is 7.83. The molecule has 7 heteroatoms. The van der Waals surface area contributed by atoms with E-state index >= 15 is 0 Å². The maximum absolute atomic E-state index is 12.6. The van der Waals surface area contributed by atoms with Crippen LogP contribution < -0.4 is 11.1 Å². The van der Waals surface area contributed by atoms with Crippen LogP contribution >= 0.6 is 11.3 Å². The van der Waals surface area contributed by atoms with Gasteiger partial charge >= 0.3 is 5.97 Å². The molecular weight excluding hydrogens is 326 g/mol. The Morgan fingerprint density at radius 2 is 1.71 bits per heavy atom. The molecule has 3 rings (SSSR count). The van der Waals surface area contributed by atoms with Gasteiger partial charge in [0.25, 0.3) is 5.91 Å². The number of aromatic carboxylic acids is 1. The summed E-state index contributed by atoms with van der Waals surface area (Å²) in [5, 5.41) is 12.1. The van der Waals surface area contributed by atoms with E-state index in [0.29, 0.717) is 10.6 Å². The predicted octanol–water partition coefficient (Wildman–Crippen LogP) is 3.34. The number of para-hydroxylation sites is 1. The summed E-state index contributed by atoms with van der Waals surface area (Å²) >= 11 is 1.06. The SMILES string of the molecule is Nc1nc(-c2ccccc2)c(C(=O)Nc2ccccc2C(=O)O)s1. The van der Waals surface area contributed by atoms with Gasteiger partial charge in [0.1, 0.15) is 4.88 Å². The zero-order valence-corrected chi connectivity index (χ0v) is 13.2. The van der Waals surface area contributed by atoms with E-state index in [1.165, 1.54) is 12.1 Å². The van der Waals surface area contributed by atoms with Crippen LogP contribution in [0.15, 0.2) is 54.6 Å². The zero-order chi connectivity index (χ0) is 17.1. The molecule has 24 heavy (non-hydrogen) atoms. The standard InChI is InChI=1S/C17H13N3O3S/c18-17-20-13(10-6-2-1-3-7-10)14(24-17)15(21)19-12-9-5-4-8-11(12)16(22)23/h1-9H,(H2,18,20)(H,19,21)(H,22,23). The van der Waals surface area contributed by atoms with Crippen LogP contribution in [0.4, 0.5) is 10.8 Å². The molecule has 1 aromatic heterocycles. The Hall–Kier alpha value is -3.19. The molecule has 0 unspecified atom stereocenters. The largest absolute Gasteiger partial charge is 0.478 e. The second-order valence-electron chi connectivity index (χ2n) is 4.90. The summed E-state index contributed by atoms with van der Waals surface area (Å²) in [6.07, 6.45) is 0. The minimum absolute atomic E-state index is 0.0181. The van der Waals surface area contributed by atoms with Crippen LogP contribution in [-0.4, -0.2) is 22.0 Å². The maximum Gasteiger partial charge on any atom is 0.337 e. The quantitative estimate of drug-likeness (QED) is 0.676. The highest BCUT2D eigenvalue weighted by molar-refractivity contribution is 7.17. The summed E-state index contributed by atoms with van der Waals surface area (Å²) in [6.45, 7) is 0. The molecule has 0 atom stereocenters. The van der Waals surface area contributed by atoms with E-state index in [9.17, 15) is 14.7 Å². The third-order valence-corrected chi connectivity index (χ3v) is 4.19. The molecule has 0 fully saturated rings. The smallest absolute Gasteiger partial charge is 0.337 e. The van der Waals surface area contributed by atoms with Gasteiger partial charge in [0, 0.05) is 5.56 Å². The number of benzene rings is 2. The highest BCUT2D eigenvalue weighted by Crippen LogP contribution is 2.30. The summed E-state index contributed by atoms with van der Waals surface area (Å²) in [5.41, 5.74) is 7.24. The molecule has 0 saturated carbocycles. The fourth-order valence-electron chi connectivity index (χ4n) is 2.24. The van der Waals surface area contributed by atoms with E-state index in [1.807, 2.05) is 30.3 Å². The van der Waals surface area contributed by atoms with Crippen LogP contribution in [0.2, 0.25) is 0 Å². The number of aromatic nitrogens is 1. The van der Waals surface area contributed by atoms with Crippen LogP contribution in [0.5, 0.6) is 0 Å². The van der Waals surface area contributed by atoms with Gasteiger partial charge in [-0.05, 0) is 12.1 Å². The summed E-state index contributed by atoms with van der Waals surface area (Å²) in [6, 6.07) is 15.4. The molecule has 3 aromatic rings. The Labute approximate surface area is 141 Å². The highest BCUT2D eigenvalue weighted by Gasteiger charge is 2.20. The van der Waals surface area contributed by atoms with Crippen molar-refractivity contribution in [1.82, 2.24) is 4.98 Å². The Morgan fingerprint density at radius 3 is 2.42 bits per heavy atom. The fourth-order valence-corrected chi connectivity index (χ4v) is 2.99. The number of nitrogen functional groups attached to an aromatic ring is 1. The highest BCUT2D eigenvalue weighted by atomic mass is 32.1. The second kappa shape index (κ2) is 6.51. The number of thiazole rings is 1. The number of nitrogens with one attached hydrogen (secondary N) is 1. The molecule has 0 aliphatic heterocycles. The van der Waals surface area contributed by atoms with Crippen LogP contribution in [0.1, 0.15) is 20.0 Å². The molecule has 0 saturated heterocycles. The van der Waals surface area contributed by atoms with Crippen molar-refractivity contribution < 1.29 is 14.7 Å². The molecule has 0 aliphatic rings. The minimum atomic E-state index is -1.11. The lowest BCUT2D eigenvalue weighted by Crippen LogP contribution is -2.14. The monoisotopic (exact) mass is 339 g/mol. The molecule has 4 N–H and O–H groups in total. The van der Waals surface area contributed by atoms with Crippen molar-refractivity contribution in [2.24, 2.45) is 0 Å². The molecule has 6 nitrogen and oxygen atoms in total. The topological polar surface area (TPSA) is 105 Å². The number of nitrogens with zero attached hydrogens (tertiary/aromatic N) is 1. The third-order valence-electron chi connectivity index (χ3n) is 3.30. The number of hydrogen-bond donors (Lipinski definition) is 3. The van der Waals surface area contributed by atoms with Crippen LogP contribution in [0.25, 0.3) is 11.3 Å². The first-order valence-electron chi connectivity index (χ1n) is 7.01.